The van der Waals surface area contributed by atoms with E-state index in [1.54, 1.807) is 24.3 Å². The SMILES string of the molecule is COc1ccccc1NC(=O)CN1CC[C@]2(CCC1=O)NC(=O)c1ccccc1N2. The van der Waals surface area contributed by atoms with E-state index < -0.39 is 5.66 Å². The van der Waals surface area contributed by atoms with Crippen molar-refractivity contribution < 1.29 is 19.1 Å². The number of ether oxygens (including phenoxy) is 1. The van der Waals surface area contributed by atoms with Crippen LogP contribution in [0.4, 0.5) is 11.4 Å². The van der Waals surface area contributed by atoms with Crippen LogP contribution in [0.3, 0.4) is 0 Å². The zero-order valence-electron chi connectivity index (χ0n) is 16.7. The van der Waals surface area contributed by atoms with E-state index in [4.69, 9.17) is 4.74 Å². The topological polar surface area (TPSA) is 99.8 Å². The number of fused-ring (bicyclic) bond motifs is 1. The van der Waals surface area contributed by atoms with Crippen molar-refractivity contribution in [2.24, 2.45) is 0 Å². The van der Waals surface area contributed by atoms with Gasteiger partial charge in [-0.3, -0.25) is 14.4 Å². The Morgan fingerprint density at radius 2 is 1.87 bits per heavy atom. The summed E-state index contributed by atoms with van der Waals surface area (Å²) in [5.41, 5.74) is 1.21. The number of methoxy groups -OCH3 is 1. The van der Waals surface area contributed by atoms with Crippen LogP contribution in [0.2, 0.25) is 0 Å². The van der Waals surface area contributed by atoms with Crippen LogP contribution in [0.15, 0.2) is 48.5 Å². The normalized spacial score (nSPS) is 20.6. The molecule has 0 saturated carbocycles. The monoisotopic (exact) mass is 408 g/mol. The molecule has 1 spiro atoms. The molecule has 1 saturated heterocycles. The molecule has 2 aromatic carbocycles. The number of likely N-dealkylation sites (tertiary alicyclic amines) is 1. The molecule has 2 aliphatic rings. The molecule has 0 unspecified atom stereocenters. The molecule has 0 bridgehead atoms. The van der Waals surface area contributed by atoms with Gasteiger partial charge in [0.1, 0.15) is 11.4 Å². The van der Waals surface area contributed by atoms with Gasteiger partial charge in [0.05, 0.1) is 24.9 Å². The first kappa shape index (κ1) is 19.8. The fourth-order valence-corrected chi connectivity index (χ4v) is 3.95. The van der Waals surface area contributed by atoms with E-state index in [-0.39, 0.29) is 30.7 Å². The molecule has 1 fully saturated rings. The molecule has 4 rings (SSSR count). The third-order valence-corrected chi connectivity index (χ3v) is 5.54. The molecule has 2 heterocycles. The summed E-state index contributed by atoms with van der Waals surface area (Å²) in [5.74, 6) is -0.00862. The summed E-state index contributed by atoms with van der Waals surface area (Å²) in [5, 5.41) is 9.23. The van der Waals surface area contributed by atoms with Crippen LogP contribution in [0.5, 0.6) is 5.75 Å². The second-order valence-corrected chi connectivity index (χ2v) is 7.52. The molecule has 0 aliphatic carbocycles. The number of amides is 3. The Kier molecular flexibility index (Phi) is 5.31. The van der Waals surface area contributed by atoms with E-state index >= 15 is 0 Å². The van der Waals surface area contributed by atoms with Gasteiger partial charge in [0.25, 0.3) is 5.91 Å². The number of benzene rings is 2. The maximum Gasteiger partial charge on any atom is 0.255 e. The lowest BCUT2D eigenvalue weighted by atomic mass is 9.95. The standard InChI is InChI=1S/C22H24N4O4/c1-30-18-9-5-4-8-17(18)23-19(27)14-26-13-12-22(11-10-20(26)28)24-16-7-3-2-6-15(16)21(29)25-22/h2-9,24H,10-14H2,1H3,(H,23,27)(H,25,29)/t22-/m0/s1. The highest BCUT2D eigenvalue weighted by atomic mass is 16.5. The minimum Gasteiger partial charge on any atom is -0.495 e. The Balaban J connectivity index is 1.43. The van der Waals surface area contributed by atoms with Gasteiger partial charge in [-0.25, -0.2) is 0 Å². The quantitative estimate of drug-likeness (QED) is 0.720. The third-order valence-electron chi connectivity index (χ3n) is 5.54. The van der Waals surface area contributed by atoms with Crippen LogP contribution in [0, 0.1) is 0 Å². The summed E-state index contributed by atoms with van der Waals surface area (Å²) in [6.45, 7) is 0.297. The number of carbonyl (C=O) groups is 3. The van der Waals surface area contributed by atoms with Crippen LogP contribution in [0.1, 0.15) is 29.6 Å². The summed E-state index contributed by atoms with van der Waals surface area (Å²) in [6, 6.07) is 14.4. The number of para-hydroxylation sites is 3. The van der Waals surface area contributed by atoms with Crippen molar-refractivity contribution in [1.82, 2.24) is 10.2 Å². The smallest absolute Gasteiger partial charge is 0.255 e. The van der Waals surface area contributed by atoms with Crippen molar-refractivity contribution in [1.29, 1.82) is 0 Å². The van der Waals surface area contributed by atoms with Crippen LogP contribution >= 0.6 is 0 Å². The average Bonchev–Trinajstić information content (AvgIpc) is 2.88. The summed E-state index contributed by atoms with van der Waals surface area (Å²) in [6.07, 6.45) is 1.19. The molecule has 8 nitrogen and oxygen atoms in total. The Morgan fingerprint density at radius 3 is 2.70 bits per heavy atom. The lowest BCUT2D eigenvalue weighted by Gasteiger charge is -2.39. The second-order valence-electron chi connectivity index (χ2n) is 7.52. The van der Waals surface area contributed by atoms with E-state index in [2.05, 4.69) is 16.0 Å². The molecule has 8 heteroatoms. The third kappa shape index (κ3) is 3.94. The van der Waals surface area contributed by atoms with Gasteiger partial charge in [0.2, 0.25) is 11.8 Å². The van der Waals surface area contributed by atoms with E-state index in [0.717, 1.165) is 5.69 Å². The zero-order valence-corrected chi connectivity index (χ0v) is 16.7. The summed E-state index contributed by atoms with van der Waals surface area (Å²) in [4.78, 5) is 39.3. The molecular weight excluding hydrogens is 384 g/mol. The summed E-state index contributed by atoms with van der Waals surface area (Å²) < 4.78 is 5.25. The van der Waals surface area contributed by atoms with Crippen molar-refractivity contribution in [3.05, 3.63) is 54.1 Å². The maximum atomic E-state index is 12.7. The number of rotatable bonds is 4. The Labute approximate surface area is 174 Å². The lowest BCUT2D eigenvalue weighted by molar-refractivity contribution is -0.134. The molecular formula is C22H24N4O4. The van der Waals surface area contributed by atoms with Crippen molar-refractivity contribution in [3.63, 3.8) is 0 Å². The number of anilines is 2. The molecule has 30 heavy (non-hydrogen) atoms. The Morgan fingerprint density at radius 1 is 1.10 bits per heavy atom. The molecule has 2 aliphatic heterocycles. The Hall–Kier alpha value is -3.55. The van der Waals surface area contributed by atoms with Gasteiger partial charge in [-0.1, -0.05) is 24.3 Å². The van der Waals surface area contributed by atoms with Crippen LogP contribution in [-0.4, -0.2) is 48.5 Å². The maximum absolute atomic E-state index is 12.7. The first-order valence-corrected chi connectivity index (χ1v) is 9.90. The Bertz CT molecular complexity index is 993. The van der Waals surface area contributed by atoms with Gasteiger partial charge >= 0.3 is 0 Å². The fraction of sp³-hybridized carbons (Fsp3) is 0.318. The second kappa shape index (κ2) is 8.06. The van der Waals surface area contributed by atoms with Gasteiger partial charge in [0, 0.05) is 25.1 Å². The highest BCUT2D eigenvalue weighted by Gasteiger charge is 2.40. The van der Waals surface area contributed by atoms with Gasteiger partial charge < -0.3 is 25.6 Å². The molecule has 1 atom stereocenters. The van der Waals surface area contributed by atoms with E-state index in [1.807, 2.05) is 24.3 Å². The predicted molar refractivity (Wildman–Crippen MR) is 112 cm³/mol. The van der Waals surface area contributed by atoms with E-state index in [0.29, 0.717) is 36.4 Å². The number of hydrogen-bond acceptors (Lipinski definition) is 5. The number of nitrogens with zero attached hydrogens (tertiary/aromatic N) is 1. The minimum atomic E-state index is -0.699. The summed E-state index contributed by atoms with van der Waals surface area (Å²) in [7, 11) is 1.53. The minimum absolute atomic E-state index is 0.0580. The first-order valence-electron chi connectivity index (χ1n) is 9.90. The molecule has 3 amide bonds. The van der Waals surface area contributed by atoms with Gasteiger partial charge in [-0.15, -0.1) is 0 Å². The van der Waals surface area contributed by atoms with E-state index in [9.17, 15) is 14.4 Å². The van der Waals surface area contributed by atoms with Crippen LogP contribution in [-0.2, 0) is 9.59 Å². The van der Waals surface area contributed by atoms with E-state index in [1.165, 1.54) is 12.0 Å². The molecule has 2 aromatic rings. The lowest BCUT2D eigenvalue weighted by Crippen LogP contribution is -2.58. The highest BCUT2D eigenvalue weighted by Crippen LogP contribution is 2.31. The van der Waals surface area contributed by atoms with Crippen molar-refractivity contribution in [2.45, 2.75) is 24.9 Å². The molecule has 0 aromatic heterocycles. The molecule has 156 valence electrons. The van der Waals surface area contributed by atoms with Gasteiger partial charge in [-0.05, 0) is 30.7 Å². The zero-order chi connectivity index (χ0) is 21.1. The van der Waals surface area contributed by atoms with Gasteiger partial charge in [-0.2, -0.15) is 0 Å². The average molecular weight is 408 g/mol. The van der Waals surface area contributed by atoms with Crippen molar-refractivity contribution in [3.8, 4) is 5.75 Å². The van der Waals surface area contributed by atoms with Crippen molar-refractivity contribution in [2.75, 3.05) is 30.8 Å². The fourth-order valence-electron chi connectivity index (χ4n) is 3.95. The summed E-state index contributed by atoms with van der Waals surface area (Å²) >= 11 is 0. The number of hydrogen-bond donors (Lipinski definition) is 3. The number of nitrogens with one attached hydrogen (secondary N) is 3. The largest absolute Gasteiger partial charge is 0.495 e. The molecule has 0 radical (unpaired) electrons. The van der Waals surface area contributed by atoms with Crippen molar-refractivity contribution >= 4 is 29.1 Å². The highest BCUT2D eigenvalue weighted by molar-refractivity contribution is 6.02. The van der Waals surface area contributed by atoms with Gasteiger partial charge in [0.15, 0.2) is 0 Å². The van der Waals surface area contributed by atoms with Crippen LogP contribution in [0.25, 0.3) is 0 Å². The number of carbonyl (C=O) groups excluding carboxylic acids is 3. The van der Waals surface area contributed by atoms with Crippen LogP contribution < -0.4 is 20.7 Å². The molecule has 3 N–H and O–H groups in total. The first-order chi connectivity index (χ1) is 14.5. The predicted octanol–water partition coefficient (Wildman–Crippen LogP) is 2.20.